The van der Waals surface area contributed by atoms with Crippen molar-refractivity contribution in [3.63, 3.8) is 0 Å². The lowest BCUT2D eigenvalue weighted by Gasteiger charge is -2.60. The molecule has 30 heavy (non-hydrogen) atoms. The van der Waals surface area contributed by atoms with Crippen molar-refractivity contribution in [3.8, 4) is 0 Å². The molecule has 0 N–H and O–H groups in total. The molecule has 4 saturated carbocycles. The van der Waals surface area contributed by atoms with E-state index in [0.29, 0.717) is 46.4 Å². The Morgan fingerprint density at radius 1 is 0.933 bits per heavy atom. The highest BCUT2D eigenvalue weighted by molar-refractivity contribution is 5.79. The summed E-state index contributed by atoms with van der Waals surface area (Å²) in [6.07, 6.45) is 12.2. The predicted molar refractivity (Wildman–Crippen MR) is 117 cm³/mol. The molecule has 11 atom stereocenters. The molecule has 3 heteroatoms. The molecule has 3 nitrogen and oxygen atoms in total. The van der Waals surface area contributed by atoms with Crippen LogP contribution in [0.1, 0.15) is 91.9 Å². The Hall–Kier alpha value is -0.410. The summed E-state index contributed by atoms with van der Waals surface area (Å²) in [7, 11) is 0. The summed E-state index contributed by atoms with van der Waals surface area (Å²) in [5, 5.41) is 0. The van der Waals surface area contributed by atoms with E-state index in [4.69, 9.17) is 9.47 Å². The van der Waals surface area contributed by atoms with Crippen LogP contribution in [0.2, 0.25) is 0 Å². The number of hydrogen-bond donors (Lipinski definition) is 0. The van der Waals surface area contributed by atoms with Gasteiger partial charge in [-0.1, -0.05) is 27.7 Å². The monoisotopic (exact) mass is 414 g/mol. The van der Waals surface area contributed by atoms with Crippen molar-refractivity contribution in [2.24, 2.45) is 52.3 Å². The zero-order valence-corrected chi connectivity index (χ0v) is 19.6. The van der Waals surface area contributed by atoms with Crippen molar-refractivity contribution in [1.29, 1.82) is 0 Å². The first kappa shape index (κ1) is 20.2. The summed E-state index contributed by atoms with van der Waals surface area (Å²) >= 11 is 0. The van der Waals surface area contributed by atoms with Gasteiger partial charge in [-0.05, 0) is 91.3 Å². The highest BCUT2D eigenvalue weighted by Gasteiger charge is 2.69. The minimum absolute atomic E-state index is 0.292. The van der Waals surface area contributed by atoms with Crippen LogP contribution in [0, 0.1) is 52.3 Å². The third-order valence-electron chi connectivity index (χ3n) is 11.7. The van der Waals surface area contributed by atoms with Gasteiger partial charge in [0.15, 0.2) is 5.79 Å². The van der Waals surface area contributed by atoms with E-state index in [1.807, 2.05) is 0 Å². The van der Waals surface area contributed by atoms with E-state index in [0.717, 1.165) is 50.0 Å². The van der Waals surface area contributed by atoms with Gasteiger partial charge in [-0.2, -0.15) is 0 Å². The second kappa shape index (κ2) is 6.56. The van der Waals surface area contributed by atoms with Gasteiger partial charge in [0, 0.05) is 25.2 Å². The molecule has 1 spiro atoms. The maximum Gasteiger partial charge on any atom is 0.171 e. The van der Waals surface area contributed by atoms with Gasteiger partial charge in [-0.3, -0.25) is 4.79 Å². The summed E-state index contributed by atoms with van der Waals surface area (Å²) < 4.78 is 13.4. The summed E-state index contributed by atoms with van der Waals surface area (Å²) in [6, 6.07) is 0. The van der Waals surface area contributed by atoms with E-state index in [1.54, 1.807) is 0 Å². The molecule has 6 rings (SSSR count). The van der Waals surface area contributed by atoms with Gasteiger partial charge >= 0.3 is 0 Å². The molecule has 2 aliphatic heterocycles. The third-order valence-corrected chi connectivity index (χ3v) is 11.7. The lowest BCUT2D eigenvalue weighted by Crippen LogP contribution is -2.54. The Kier molecular flexibility index (Phi) is 4.42. The average molecular weight is 415 g/mol. The molecule has 0 aromatic rings. The topological polar surface area (TPSA) is 35.5 Å². The zero-order valence-electron chi connectivity index (χ0n) is 19.6. The van der Waals surface area contributed by atoms with E-state index in [1.165, 1.54) is 38.5 Å². The van der Waals surface area contributed by atoms with Crippen molar-refractivity contribution in [2.75, 3.05) is 6.61 Å². The second-order valence-electron chi connectivity index (χ2n) is 12.9. The van der Waals surface area contributed by atoms with Crippen LogP contribution >= 0.6 is 0 Å². The molecule has 0 aromatic heterocycles. The predicted octanol–water partition coefficient (Wildman–Crippen LogP) is 6.00. The van der Waals surface area contributed by atoms with E-state index in [-0.39, 0.29) is 5.79 Å². The highest BCUT2D eigenvalue weighted by atomic mass is 16.7. The molecule has 0 aromatic carbocycles. The fourth-order valence-electron chi connectivity index (χ4n) is 10.1. The average Bonchev–Trinajstić information content (AvgIpc) is 3.16. The van der Waals surface area contributed by atoms with Crippen LogP contribution in [0.5, 0.6) is 0 Å². The van der Waals surface area contributed by atoms with E-state index < -0.39 is 0 Å². The van der Waals surface area contributed by atoms with Crippen molar-refractivity contribution < 1.29 is 14.3 Å². The lowest BCUT2D eigenvalue weighted by atomic mass is 9.44. The van der Waals surface area contributed by atoms with Gasteiger partial charge in [0.25, 0.3) is 0 Å². The Labute approximate surface area is 183 Å². The van der Waals surface area contributed by atoms with Crippen molar-refractivity contribution in [2.45, 2.75) is 104 Å². The summed E-state index contributed by atoms with van der Waals surface area (Å²) in [6.45, 7) is 10.8. The minimum Gasteiger partial charge on any atom is -0.349 e. The van der Waals surface area contributed by atoms with E-state index >= 15 is 0 Å². The Bertz CT molecular complexity index is 724. The van der Waals surface area contributed by atoms with Crippen molar-refractivity contribution >= 4 is 5.78 Å². The van der Waals surface area contributed by atoms with Crippen LogP contribution in [0.15, 0.2) is 0 Å². The molecule has 4 aliphatic carbocycles. The maximum absolute atomic E-state index is 12.2. The molecule has 6 aliphatic rings. The van der Waals surface area contributed by atoms with Crippen LogP contribution < -0.4 is 0 Å². The number of Topliss-reactive ketones (excluding diaryl/α,β-unsaturated/α-hetero) is 1. The van der Waals surface area contributed by atoms with Gasteiger partial charge in [0.2, 0.25) is 0 Å². The van der Waals surface area contributed by atoms with Crippen molar-refractivity contribution in [1.82, 2.24) is 0 Å². The fourth-order valence-corrected chi connectivity index (χ4v) is 10.1. The fraction of sp³-hybridized carbons (Fsp3) is 0.963. The van der Waals surface area contributed by atoms with Gasteiger partial charge in [-0.25, -0.2) is 0 Å². The lowest BCUT2D eigenvalue weighted by molar-refractivity contribution is -0.273. The molecule has 0 amide bonds. The van der Waals surface area contributed by atoms with Crippen LogP contribution in [0.3, 0.4) is 0 Å². The van der Waals surface area contributed by atoms with Gasteiger partial charge in [0.1, 0.15) is 5.78 Å². The number of carbonyl (C=O) groups is 1. The van der Waals surface area contributed by atoms with Crippen LogP contribution in [0.25, 0.3) is 0 Å². The Morgan fingerprint density at radius 3 is 2.53 bits per heavy atom. The van der Waals surface area contributed by atoms with Crippen LogP contribution in [-0.4, -0.2) is 24.3 Å². The maximum atomic E-state index is 12.2. The molecular formula is C27H42O3. The van der Waals surface area contributed by atoms with Gasteiger partial charge in [0.05, 0.1) is 12.7 Å². The first-order chi connectivity index (χ1) is 14.3. The standard InChI is InChI=1S/C27H42O3/c1-16-7-12-27(29-15-16)17(2)24-23(30-27)14-22-20-6-5-18-13-19(28)8-10-25(18,3)21(20)9-11-26(22,24)4/h16-18,20-24H,5-15H2,1-4H3/t16-,17+,18+,20-,21+,22+,23+,24?,25+,26+,27-/m1/s1. The molecule has 0 bridgehead atoms. The number of rotatable bonds is 0. The largest absolute Gasteiger partial charge is 0.349 e. The quantitative estimate of drug-likeness (QED) is 0.487. The first-order valence-electron chi connectivity index (χ1n) is 13.1. The summed E-state index contributed by atoms with van der Waals surface area (Å²) in [5.41, 5.74) is 0.820. The highest BCUT2D eigenvalue weighted by Crippen LogP contribution is 2.71. The molecule has 6 fully saturated rings. The summed E-state index contributed by atoms with van der Waals surface area (Å²) in [4.78, 5) is 12.2. The molecule has 168 valence electrons. The normalized spacial score (nSPS) is 60.1. The molecule has 2 saturated heterocycles. The number of ether oxygens (including phenoxy) is 2. The number of hydrogen-bond acceptors (Lipinski definition) is 3. The number of carbonyl (C=O) groups excluding carboxylic acids is 1. The molecule has 0 radical (unpaired) electrons. The van der Waals surface area contributed by atoms with Gasteiger partial charge < -0.3 is 9.47 Å². The van der Waals surface area contributed by atoms with Crippen LogP contribution in [-0.2, 0) is 14.3 Å². The van der Waals surface area contributed by atoms with E-state index in [9.17, 15) is 4.79 Å². The number of fused-ring (bicyclic) bond motifs is 7. The molecular weight excluding hydrogens is 372 g/mol. The minimum atomic E-state index is -0.292. The third kappa shape index (κ3) is 2.54. The molecule has 2 heterocycles. The molecule has 1 unspecified atom stereocenters. The first-order valence-corrected chi connectivity index (χ1v) is 13.1. The van der Waals surface area contributed by atoms with E-state index in [2.05, 4.69) is 27.7 Å². The number of ketones is 1. The second-order valence-corrected chi connectivity index (χ2v) is 12.9. The SMILES string of the molecule is C[C@@H]1CC[C@@]2(OC1)O[C@H]1C[C@H]3[C@@H]4CC[C@H]5CC(=O)CC[C@]5(C)[C@H]4CC[C@]3(C)C1[C@@H]2C. The Morgan fingerprint density at radius 2 is 1.77 bits per heavy atom. The van der Waals surface area contributed by atoms with Crippen molar-refractivity contribution in [3.05, 3.63) is 0 Å². The Balaban J connectivity index is 1.26. The van der Waals surface area contributed by atoms with Crippen LogP contribution in [0.4, 0.5) is 0 Å². The summed E-state index contributed by atoms with van der Waals surface area (Å²) in [5.74, 6) is 5.23. The smallest absolute Gasteiger partial charge is 0.171 e. The van der Waals surface area contributed by atoms with Gasteiger partial charge in [-0.15, -0.1) is 0 Å². The zero-order chi connectivity index (χ0) is 20.9.